The Balaban J connectivity index is 2.14. The summed E-state index contributed by atoms with van der Waals surface area (Å²) in [6.45, 7) is 1.33. The van der Waals surface area contributed by atoms with Gasteiger partial charge >= 0.3 is 0 Å². The zero-order valence-electron chi connectivity index (χ0n) is 13.1. The number of halogens is 3. The molecule has 0 N–H and O–H groups in total. The molecule has 0 atom stereocenters. The number of rotatable bonds is 8. The van der Waals surface area contributed by atoms with E-state index in [4.69, 9.17) is 23.2 Å². The standard InChI is InChI=1S/C19H18Cl2FNO/c20-10-12-23(13-11-21)18-3-1-2-16(14-18)19(24)9-6-15-4-7-17(22)8-5-15/h1-9,14H,10-13H2/b9-6+. The third-order valence-electron chi connectivity index (χ3n) is 3.50. The van der Waals surface area contributed by atoms with E-state index < -0.39 is 0 Å². The topological polar surface area (TPSA) is 20.3 Å². The number of nitrogens with zero attached hydrogens (tertiary/aromatic N) is 1. The monoisotopic (exact) mass is 365 g/mol. The molecule has 0 fully saturated rings. The summed E-state index contributed by atoms with van der Waals surface area (Å²) in [7, 11) is 0. The van der Waals surface area contributed by atoms with Gasteiger partial charge in [0.05, 0.1) is 0 Å². The van der Waals surface area contributed by atoms with Crippen LogP contribution >= 0.6 is 23.2 Å². The number of alkyl halides is 2. The highest BCUT2D eigenvalue weighted by molar-refractivity contribution is 6.18. The molecule has 5 heteroatoms. The SMILES string of the molecule is O=C(/C=C/c1ccc(F)cc1)c1cccc(N(CCCl)CCCl)c1. The molecule has 0 aromatic heterocycles. The maximum Gasteiger partial charge on any atom is 0.185 e. The number of hydrogen-bond donors (Lipinski definition) is 0. The van der Waals surface area contributed by atoms with Crippen molar-refractivity contribution in [3.63, 3.8) is 0 Å². The summed E-state index contributed by atoms with van der Waals surface area (Å²) in [6.07, 6.45) is 3.16. The number of allylic oxidation sites excluding steroid dienone is 1. The Labute approximate surface area is 151 Å². The molecule has 2 nitrogen and oxygen atoms in total. The molecule has 0 heterocycles. The number of benzene rings is 2. The van der Waals surface area contributed by atoms with E-state index in [2.05, 4.69) is 0 Å². The van der Waals surface area contributed by atoms with Crippen molar-refractivity contribution in [1.82, 2.24) is 0 Å². The van der Waals surface area contributed by atoms with Gasteiger partial charge in [0, 0.05) is 36.1 Å². The van der Waals surface area contributed by atoms with E-state index in [0.29, 0.717) is 30.4 Å². The summed E-state index contributed by atoms with van der Waals surface area (Å²) in [6, 6.07) is 13.3. The van der Waals surface area contributed by atoms with E-state index in [1.54, 1.807) is 24.3 Å². The normalized spacial score (nSPS) is 11.0. The largest absolute Gasteiger partial charge is 0.369 e. The number of carbonyl (C=O) groups excluding carboxylic acids is 1. The Bertz CT molecular complexity index is 695. The first-order valence-corrected chi connectivity index (χ1v) is 8.66. The number of hydrogen-bond acceptors (Lipinski definition) is 2. The number of carbonyl (C=O) groups is 1. The van der Waals surface area contributed by atoms with Crippen molar-refractivity contribution in [3.05, 3.63) is 71.6 Å². The predicted octanol–water partition coefficient (Wildman–Crippen LogP) is 5.01. The van der Waals surface area contributed by atoms with E-state index in [1.165, 1.54) is 18.2 Å². The lowest BCUT2D eigenvalue weighted by Gasteiger charge is -2.23. The van der Waals surface area contributed by atoms with Crippen LogP contribution in [0.2, 0.25) is 0 Å². The fourth-order valence-electron chi connectivity index (χ4n) is 2.27. The van der Waals surface area contributed by atoms with Crippen LogP contribution in [0, 0.1) is 5.82 Å². The molecule has 2 aromatic carbocycles. The van der Waals surface area contributed by atoms with Crippen molar-refractivity contribution in [2.75, 3.05) is 29.7 Å². The fourth-order valence-corrected chi connectivity index (χ4v) is 2.68. The summed E-state index contributed by atoms with van der Waals surface area (Å²) in [4.78, 5) is 14.4. The lowest BCUT2D eigenvalue weighted by atomic mass is 10.1. The summed E-state index contributed by atoms with van der Waals surface area (Å²) in [5.74, 6) is 0.557. The van der Waals surface area contributed by atoms with Crippen molar-refractivity contribution >= 4 is 40.7 Å². The van der Waals surface area contributed by atoms with E-state index in [1.807, 2.05) is 23.1 Å². The van der Waals surface area contributed by atoms with Gasteiger partial charge in [0.15, 0.2) is 5.78 Å². The van der Waals surface area contributed by atoms with Gasteiger partial charge in [-0.3, -0.25) is 4.79 Å². The van der Waals surface area contributed by atoms with E-state index >= 15 is 0 Å². The Morgan fingerprint density at radius 3 is 2.33 bits per heavy atom. The van der Waals surface area contributed by atoms with Crippen LogP contribution in [-0.2, 0) is 0 Å². The molecule has 0 spiro atoms. The van der Waals surface area contributed by atoms with Gasteiger partial charge in [-0.25, -0.2) is 4.39 Å². The quantitative estimate of drug-likeness (QED) is 0.372. The van der Waals surface area contributed by atoms with Crippen molar-refractivity contribution in [3.8, 4) is 0 Å². The predicted molar refractivity (Wildman–Crippen MR) is 99.9 cm³/mol. The molecule has 0 radical (unpaired) electrons. The number of anilines is 1. The first kappa shape index (κ1) is 18.5. The second kappa shape index (κ2) is 9.45. The molecule has 2 rings (SSSR count). The second-order valence-corrected chi connectivity index (χ2v) is 5.92. The summed E-state index contributed by atoms with van der Waals surface area (Å²) < 4.78 is 12.9. The molecule has 0 saturated heterocycles. The minimum atomic E-state index is -0.301. The van der Waals surface area contributed by atoms with Gasteiger partial charge in [0.25, 0.3) is 0 Å². The highest BCUT2D eigenvalue weighted by Crippen LogP contribution is 2.17. The minimum Gasteiger partial charge on any atom is -0.369 e. The third-order valence-corrected chi connectivity index (χ3v) is 3.84. The second-order valence-electron chi connectivity index (χ2n) is 5.16. The molecule has 126 valence electrons. The van der Waals surface area contributed by atoms with Crippen molar-refractivity contribution in [2.45, 2.75) is 0 Å². The number of ketones is 1. The van der Waals surface area contributed by atoms with Gasteiger partial charge in [-0.05, 0) is 35.9 Å². The zero-order chi connectivity index (χ0) is 17.4. The van der Waals surface area contributed by atoms with Crippen LogP contribution in [0.5, 0.6) is 0 Å². The van der Waals surface area contributed by atoms with Gasteiger partial charge in [-0.1, -0.05) is 30.3 Å². The maximum absolute atomic E-state index is 12.9. The first-order valence-electron chi connectivity index (χ1n) is 7.59. The minimum absolute atomic E-state index is 0.113. The Kier molecular flexibility index (Phi) is 7.29. The van der Waals surface area contributed by atoms with Crippen molar-refractivity contribution in [1.29, 1.82) is 0 Å². The van der Waals surface area contributed by atoms with Gasteiger partial charge in [-0.2, -0.15) is 0 Å². The van der Waals surface area contributed by atoms with Gasteiger partial charge < -0.3 is 4.90 Å². The Morgan fingerprint density at radius 1 is 1.04 bits per heavy atom. The third kappa shape index (κ3) is 5.36. The average Bonchev–Trinajstić information content (AvgIpc) is 2.61. The summed E-state index contributed by atoms with van der Waals surface area (Å²) in [5, 5.41) is 0. The summed E-state index contributed by atoms with van der Waals surface area (Å²) in [5.41, 5.74) is 2.27. The highest BCUT2D eigenvalue weighted by Gasteiger charge is 2.08. The zero-order valence-corrected chi connectivity index (χ0v) is 14.6. The Morgan fingerprint density at radius 2 is 1.71 bits per heavy atom. The molecule has 24 heavy (non-hydrogen) atoms. The molecular weight excluding hydrogens is 348 g/mol. The van der Waals surface area contributed by atoms with Crippen LogP contribution in [0.15, 0.2) is 54.6 Å². The van der Waals surface area contributed by atoms with Crippen LogP contribution in [0.4, 0.5) is 10.1 Å². The molecule has 0 aliphatic carbocycles. The van der Waals surface area contributed by atoms with Crippen LogP contribution in [0.3, 0.4) is 0 Å². The van der Waals surface area contributed by atoms with Crippen LogP contribution in [0.1, 0.15) is 15.9 Å². The van der Waals surface area contributed by atoms with Gasteiger partial charge in [-0.15, -0.1) is 23.2 Å². The van der Waals surface area contributed by atoms with Crippen LogP contribution < -0.4 is 4.90 Å². The average molecular weight is 366 g/mol. The molecule has 2 aromatic rings. The highest BCUT2D eigenvalue weighted by atomic mass is 35.5. The molecular formula is C19H18Cl2FNO. The van der Waals surface area contributed by atoms with Crippen molar-refractivity contribution < 1.29 is 9.18 Å². The smallest absolute Gasteiger partial charge is 0.185 e. The molecule has 0 saturated carbocycles. The van der Waals surface area contributed by atoms with E-state index in [0.717, 1.165) is 11.3 Å². The van der Waals surface area contributed by atoms with Gasteiger partial charge in [0.1, 0.15) is 5.82 Å². The molecule has 0 aliphatic rings. The molecule has 0 bridgehead atoms. The maximum atomic E-state index is 12.9. The lowest BCUT2D eigenvalue weighted by molar-refractivity contribution is 0.104. The van der Waals surface area contributed by atoms with Crippen LogP contribution in [-0.4, -0.2) is 30.6 Å². The van der Waals surface area contributed by atoms with Crippen molar-refractivity contribution in [2.24, 2.45) is 0 Å². The van der Waals surface area contributed by atoms with E-state index in [-0.39, 0.29) is 11.6 Å². The van der Waals surface area contributed by atoms with Gasteiger partial charge in [0.2, 0.25) is 0 Å². The lowest BCUT2D eigenvalue weighted by Crippen LogP contribution is -2.27. The van der Waals surface area contributed by atoms with Crippen LogP contribution in [0.25, 0.3) is 6.08 Å². The Hall–Kier alpha value is -1.84. The molecule has 0 unspecified atom stereocenters. The fraction of sp³-hybridized carbons (Fsp3) is 0.211. The molecule has 0 amide bonds. The summed E-state index contributed by atoms with van der Waals surface area (Å²) >= 11 is 11.6. The van der Waals surface area contributed by atoms with E-state index in [9.17, 15) is 9.18 Å². The first-order chi connectivity index (χ1) is 11.6. The molecule has 0 aliphatic heterocycles.